The first-order valence-electron chi connectivity index (χ1n) is 9.20. The number of rotatable bonds is 7. The summed E-state index contributed by atoms with van der Waals surface area (Å²) in [7, 11) is -2.53. The normalized spacial score (nSPS) is 17.0. The summed E-state index contributed by atoms with van der Waals surface area (Å²) in [6.07, 6.45) is 1.71. The summed E-state index contributed by atoms with van der Waals surface area (Å²) >= 11 is 5.85. The molecule has 156 valence electrons. The first-order chi connectivity index (χ1) is 13.9. The number of nitrogens with one attached hydrogen (secondary N) is 2. The van der Waals surface area contributed by atoms with E-state index in [2.05, 4.69) is 10.0 Å². The maximum absolute atomic E-state index is 12.8. The number of carbonyl (C=O) groups is 1. The molecule has 1 saturated heterocycles. The lowest BCUT2D eigenvalue weighted by molar-refractivity contribution is 0.0624. The number of ether oxygens (including phenoxy) is 2. The highest BCUT2D eigenvalue weighted by atomic mass is 35.5. The van der Waals surface area contributed by atoms with Crippen molar-refractivity contribution < 1.29 is 22.7 Å². The minimum atomic E-state index is -3.91. The fourth-order valence-corrected chi connectivity index (χ4v) is 4.35. The number of hydrogen-bond donors (Lipinski definition) is 2. The molecular weight excluding hydrogens is 416 g/mol. The van der Waals surface area contributed by atoms with Crippen molar-refractivity contribution in [1.29, 1.82) is 0 Å². The van der Waals surface area contributed by atoms with Crippen LogP contribution < -0.4 is 14.8 Å². The van der Waals surface area contributed by atoms with E-state index in [0.29, 0.717) is 18.2 Å². The topological polar surface area (TPSA) is 93.7 Å². The van der Waals surface area contributed by atoms with Gasteiger partial charge < -0.3 is 14.8 Å². The molecule has 0 aromatic heterocycles. The molecule has 0 radical (unpaired) electrons. The van der Waals surface area contributed by atoms with Gasteiger partial charge in [0, 0.05) is 23.7 Å². The summed E-state index contributed by atoms with van der Waals surface area (Å²) in [5.74, 6) is -0.191. The molecule has 29 heavy (non-hydrogen) atoms. The van der Waals surface area contributed by atoms with Gasteiger partial charge in [-0.15, -0.1) is 0 Å². The van der Waals surface area contributed by atoms with Crippen molar-refractivity contribution in [3.63, 3.8) is 0 Å². The third-order valence-corrected chi connectivity index (χ3v) is 6.26. The van der Waals surface area contributed by atoms with Gasteiger partial charge in [0.05, 0.1) is 19.8 Å². The van der Waals surface area contributed by atoms with Crippen molar-refractivity contribution in [2.75, 3.05) is 20.3 Å². The van der Waals surface area contributed by atoms with E-state index in [-0.39, 0.29) is 34.7 Å². The quantitative estimate of drug-likeness (QED) is 0.693. The summed E-state index contributed by atoms with van der Waals surface area (Å²) in [6, 6.07) is 11.1. The Morgan fingerprint density at radius 3 is 2.66 bits per heavy atom. The van der Waals surface area contributed by atoms with Crippen molar-refractivity contribution >= 4 is 27.5 Å². The van der Waals surface area contributed by atoms with Crippen LogP contribution in [0.15, 0.2) is 47.4 Å². The molecule has 0 aliphatic carbocycles. The van der Waals surface area contributed by atoms with Crippen molar-refractivity contribution in [1.82, 2.24) is 10.0 Å². The molecule has 2 aromatic carbocycles. The number of sulfonamides is 1. The van der Waals surface area contributed by atoms with Gasteiger partial charge in [0.15, 0.2) is 0 Å². The lowest BCUT2D eigenvalue weighted by atomic mass is 10.1. The summed E-state index contributed by atoms with van der Waals surface area (Å²) in [5, 5.41) is 3.45. The van der Waals surface area contributed by atoms with Crippen molar-refractivity contribution in [3.05, 3.63) is 58.6 Å². The van der Waals surface area contributed by atoms with Crippen LogP contribution in [0.3, 0.4) is 0 Å². The Labute approximate surface area is 175 Å². The second-order valence-electron chi connectivity index (χ2n) is 6.70. The summed E-state index contributed by atoms with van der Waals surface area (Å²) in [5.41, 5.74) is 0.992. The number of methoxy groups -OCH3 is 1. The van der Waals surface area contributed by atoms with E-state index in [9.17, 15) is 13.2 Å². The van der Waals surface area contributed by atoms with Crippen LogP contribution in [-0.2, 0) is 21.3 Å². The first-order valence-corrected chi connectivity index (χ1v) is 11.1. The Balaban J connectivity index is 1.77. The molecule has 1 fully saturated rings. The Morgan fingerprint density at radius 2 is 2.00 bits per heavy atom. The molecular formula is C20H23ClN2O5S. The molecule has 1 atom stereocenters. The predicted octanol–water partition coefficient (Wildman–Crippen LogP) is 2.74. The largest absolute Gasteiger partial charge is 0.495 e. The number of amides is 1. The Bertz CT molecular complexity index is 957. The molecule has 7 nitrogen and oxygen atoms in total. The molecule has 1 amide bonds. The van der Waals surface area contributed by atoms with E-state index in [1.54, 1.807) is 24.3 Å². The molecule has 2 N–H and O–H groups in total. The number of benzene rings is 2. The van der Waals surface area contributed by atoms with Gasteiger partial charge in [0.25, 0.3) is 5.91 Å². The van der Waals surface area contributed by atoms with Gasteiger partial charge in [-0.3, -0.25) is 4.79 Å². The van der Waals surface area contributed by atoms with E-state index in [0.717, 1.165) is 18.4 Å². The molecule has 1 unspecified atom stereocenters. The third kappa shape index (κ3) is 5.70. The van der Waals surface area contributed by atoms with E-state index in [1.165, 1.54) is 25.3 Å². The van der Waals surface area contributed by atoms with E-state index < -0.39 is 10.0 Å². The standard InChI is InChI=1S/C20H23ClN2O5S/c1-27-18-9-6-15(20(24)23-17-3-2-10-28-13-17)11-19(18)29(25,26)22-12-14-4-7-16(21)8-5-14/h4-9,11,17,22H,2-3,10,12-13H2,1H3,(H,23,24). The monoisotopic (exact) mass is 438 g/mol. The van der Waals surface area contributed by atoms with Crippen LogP contribution in [0.25, 0.3) is 0 Å². The highest BCUT2D eigenvalue weighted by Gasteiger charge is 2.23. The van der Waals surface area contributed by atoms with Gasteiger partial charge in [-0.05, 0) is 48.7 Å². The minimum Gasteiger partial charge on any atom is -0.495 e. The van der Waals surface area contributed by atoms with Gasteiger partial charge >= 0.3 is 0 Å². The SMILES string of the molecule is COc1ccc(C(=O)NC2CCCOC2)cc1S(=O)(=O)NCc1ccc(Cl)cc1. The van der Waals surface area contributed by atoms with Crippen LogP contribution in [-0.4, -0.2) is 40.7 Å². The smallest absolute Gasteiger partial charge is 0.251 e. The Morgan fingerprint density at radius 1 is 1.24 bits per heavy atom. The molecule has 3 rings (SSSR count). The average Bonchev–Trinajstić information content (AvgIpc) is 2.73. The molecule has 1 aliphatic heterocycles. The zero-order valence-electron chi connectivity index (χ0n) is 16.0. The fraction of sp³-hybridized carbons (Fsp3) is 0.350. The van der Waals surface area contributed by atoms with Crippen molar-refractivity contribution in [2.24, 2.45) is 0 Å². The molecule has 0 saturated carbocycles. The van der Waals surface area contributed by atoms with E-state index >= 15 is 0 Å². The second-order valence-corrected chi connectivity index (χ2v) is 8.88. The number of hydrogen-bond acceptors (Lipinski definition) is 5. The van der Waals surface area contributed by atoms with E-state index in [1.807, 2.05) is 0 Å². The second kappa shape index (κ2) is 9.58. The van der Waals surface area contributed by atoms with Crippen LogP contribution in [0.2, 0.25) is 5.02 Å². The Kier molecular flexibility index (Phi) is 7.13. The predicted molar refractivity (Wildman–Crippen MR) is 110 cm³/mol. The van der Waals surface area contributed by atoms with Crippen LogP contribution >= 0.6 is 11.6 Å². The molecule has 0 bridgehead atoms. The lowest BCUT2D eigenvalue weighted by Gasteiger charge is -2.23. The fourth-order valence-electron chi connectivity index (χ4n) is 3.01. The molecule has 0 spiro atoms. The third-order valence-electron chi connectivity index (χ3n) is 4.59. The molecule has 1 aliphatic rings. The summed E-state index contributed by atoms with van der Waals surface area (Å²) in [6.45, 7) is 1.23. The van der Waals surface area contributed by atoms with Crippen LogP contribution in [0, 0.1) is 0 Å². The molecule has 1 heterocycles. The highest BCUT2D eigenvalue weighted by Crippen LogP contribution is 2.25. The maximum atomic E-state index is 12.8. The number of carbonyl (C=O) groups excluding carboxylic acids is 1. The van der Waals surface area contributed by atoms with Gasteiger partial charge in [0.2, 0.25) is 10.0 Å². The minimum absolute atomic E-state index is 0.0818. The van der Waals surface area contributed by atoms with Gasteiger partial charge in [0.1, 0.15) is 10.6 Å². The van der Waals surface area contributed by atoms with Gasteiger partial charge in [-0.2, -0.15) is 0 Å². The lowest BCUT2D eigenvalue weighted by Crippen LogP contribution is -2.40. The Hall–Kier alpha value is -2.13. The maximum Gasteiger partial charge on any atom is 0.251 e. The highest BCUT2D eigenvalue weighted by molar-refractivity contribution is 7.89. The zero-order valence-corrected chi connectivity index (χ0v) is 17.6. The van der Waals surface area contributed by atoms with Gasteiger partial charge in [-0.1, -0.05) is 23.7 Å². The summed E-state index contributed by atoms with van der Waals surface area (Å²) in [4.78, 5) is 12.5. The van der Waals surface area contributed by atoms with Crippen LogP contribution in [0.5, 0.6) is 5.75 Å². The van der Waals surface area contributed by atoms with Gasteiger partial charge in [-0.25, -0.2) is 13.1 Å². The summed E-state index contributed by atoms with van der Waals surface area (Å²) < 4.78 is 38.8. The molecule has 2 aromatic rings. The van der Waals surface area contributed by atoms with E-state index in [4.69, 9.17) is 21.1 Å². The van der Waals surface area contributed by atoms with Crippen molar-refractivity contribution in [3.8, 4) is 5.75 Å². The number of halogens is 1. The molecule has 9 heteroatoms. The average molecular weight is 439 g/mol. The van der Waals surface area contributed by atoms with Crippen LogP contribution in [0.1, 0.15) is 28.8 Å². The zero-order chi connectivity index (χ0) is 20.9. The van der Waals surface area contributed by atoms with Crippen LogP contribution in [0.4, 0.5) is 0 Å². The first kappa shape index (κ1) is 21.6. The van der Waals surface area contributed by atoms with Crippen molar-refractivity contribution in [2.45, 2.75) is 30.3 Å².